The van der Waals surface area contributed by atoms with Crippen LogP contribution in [0.4, 0.5) is 8.78 Å². The predicted molar refractivity (Wildman–Crippen MR) is 85.7 cm³/mol. The summed E-state index contributed by atoms with van der Waals surface area (Å²) in [5.41, 5.74) is 0.0333. The molecule has 0 bridgehead atoms. The zero-order valence-corrected chi connectivity index (χ0v) is 15.5. The van der Waals surface area contributed by atoms with Crippen LogP contribution >= 0.6 is 0 Å². The first-order valence-electron chi connectivity index (χ1n) is 7.66. The van der Waals surface area contributed by atoms with Crippen molar-refractivity contribution in [2.45, 2.75) is 53.9 Å². The summed E-state index contributed by atoms with van der Waals surface area (Å²) < 4.78 is 56.2. The Balaban J connectivity index is 4.60. The molecule has 0 amide bonds. The Morgan fingerprint density at radius 3 is 2.09 bits per heavy atom. The standard InChI is InChI=1S/C15H31F2NO3S/c1-13(2)11-18(8-7-14(3,4)5)22(19,20)10-9-21-12-15(6,16)17/h13H,7-12H2,1-6H3. The minimum atomic E-state index is -3.49. The minimum absolute atomic E-state index is 0.0333. The average Bonchev–Trinajstić information content (AvgIpc) is 2.27. The third kappa shape index (κ3) is 11.3. The lowest BCUT2D eigenvalue weighted by Crippen LogP contribution is -2.39. The number of sulfonamides is 1. The van der Waals surface area contributed by atoms with Crippen molar-refractivity contribution >= 4 is 10.0 Å². The summed E-state index contributed by atoms with van der Waals surface area (Å²) in [7, 11) is -3.49. The maximum atomic E-state index is 12.6. The molecule has 0 aliphatic heterocycles. The predicted octanol–water partition coefficient (Wildman–Crippen LogP) is 3.38. The second-order valence-electron chi connectivity index (χ2n) is 7.50. The zero-order chi connectivity index (χ0) is 17.6. The highest BCUT2D eigenvalue weighted by molar-refractivity contribution is 7.89. The first-order valence-corrected chi connectivity index (χ1v) is 9.27. The van der Waals surface area contributed by atoms with Gasteiger partial charge in [0.05, 0.1) is 12.4 Å². The van der Waals surface area contributed by atoms with Crippen LogP contribution in [0.5, 0.6) is 0 Å². The third-order valence-electron chi connectivity index (χ3n) is 2.91. The van der Waals surface area contributed by atoms with E-state index in [0.29, 0.717) is 13.1 Å². The smallest absolute Gasteiger partial charge is 0.268 e. The second kappa shape index (κ2) is 8.55. The van der Waals surface area contributed by atoms with Gasteiger partial charge in [-0.25, -0.2) is 21.5 Å². The molecule has 0 N–H and O–H groups in total. The maximum absolute atomic E-state index is 12.6. The van der Waals surface area contributed by atoms with Gasteiger partial charge in [-0.05, 0) is 17.8 Å². The molecule has 0 saturated carbocycles. The Morgan fingerprint density at radius 2 is 1.68 bits per heavy atom. The summed E-state index contributed by atoms with van der Waals surface area (Å²) in [6.07, 6.45) is 0.743. The Hall–Kier alpha value is -0.270. The normalized spacial score (nSPS) is 14.1. The van der Waals surface area contributed by atoms with E-state index in [1.54, 1.807) is 0 Å². The van der Waals surface area contributed by atoms with Crippen LogP contribution in [0.3, 0.4) is 0 Å². The van der Waals surface area contributed by atoms with Gasteiger partial charge in [-0.15, -0.1) is 0 Å². The van der Waals surface area contributed by atoms with Gasteiger partial charge in [0.15, 0.2) is 0 Å². The Morgan fingerprint density at radius 1 is 1.14 bits per heavy atom. The summed E-state index contributed by atoms with van der Waals surface area (Å²) in [6.45, 7) is 10.7. The van der Waals surface area contributed by atoms with E-state index < -0.39 is 22.6 Å². The molecule has 7 heteroatoms. The number of alkyl halides is 2. The van der Waals surface area contributed by atoms with E-state index in [1.165, 1.54) is 4.31 Å². The average molecular weight is 343 g/mol. The van der Waals surface area contributed by atoms with Crippen LogP contribution in [0.25, 0.3) is 0 Å². The lowest BCUT2D eigenvalue weighted by molar-refractivity contribution is -0.0591. The highest BCUT2D eigenvalue weighted by Gasteiger charge is 2.26. The molecule has 0 aliphatic carbocycles. The molecule has 134 valence electrons. The van der Waals surface area contributed by atoms with Crippen molar-refractivity contribution in [2.75, 3.05) is 32.1 Å². The largest absolute Gasteiger partial charge is 0.374 e. The molecule has 0 aliphatic rings. The number of halogens is 2. The summed E-state index contributed by atoms with van der Waals surface area (Å²) in [5, 5.41) is 0. The number of nitrogens with zero attached hydrogens (tertiary/aromatic N) is 1. The molecule has 0 saturated heterocycles. The molecule has 0 rings (SSSR count). The summed E-state index contributed by atoms with van der Waals surface area (Å²) in [4.78, 5) is 0. The van der Waals surface area contributed by atoms with Crippen molar-refractivity contribution in [3.05, 3.63) is 0 Å². The van der Waals surface area contributed by atoms with Crippen molar-refractivity contribution in [3.8, 4) is 0 Å². The summed E-state index contributed by atoms with van der Waals surface area (Å²) in [6, 6.07) is 0. The lowest BCUT2D eigenvalue weighted by atomic mass is 9.92. The fourth-order valence-electron chi connectivity index (χ4n) is 1.76. The molecule has 4 nitrogen and oxygen atoms in total. The molecule has 0 aromatic carbocycles. The molecule has 0 spiro atoms. The van der Waals surface area contributed by atoms with Crippen LogP contribution in [0.2, 0.25) is 0 Å². The fraction of sp³-hybridized carbons (Fsp3) is 1.00. The lowest BCUT2D eigenvalue weighted by Gasteiger charge is -2.27. The van der Waals surface area contributed by atoms with Crippen molar-refractivity contribution in [1.29, 1.82) is 0 Å². The molecule has 0 unspecified atom stereocenters. The molecule has 0 atom stereocenters. The van der Waals surface area contributed by atoms with E-state index in [9.17, 15) is 17.2 Å². The maximum Gasteiger partial charge on any atom is 0.268 e. The van der Waals surface area contributed by atoms with Crippen LogP contribution in [0.1, 0.15) is 48.0 Å². The Bertz CT molecular complexity index is 411. The summed E-state index contributed by atoms with van der Waals surface area (Å²) >= 11 is 0. The van der Waals surface area contributed by atoms with Gasteiger partial charge < -0.3 is 4.74 Å². The van der Waals surface area contributed by atoms with Gasteiger partial charge in [-0.3, -0.25) is 0 Å². The van der Waals surface area contributed by atoms with Gasteiger partial charge in [0, 0.05) is 20.0 Å². The van der Waals surface area contributed by atoms with E-state index in [-0.39, 0.29) is 23.7 Å². The van der Waals surface area contributed by atoms with Crippen LogP contribution in [-0.4, -0.2) is 50.7 Å². The molecule has 0 heterocycles. The van der Waals surface area contributed by atoms with Crippen LogP contribution in [0.15, 0.2) is 0 Å². The molecule has 0 radical (unpaired) electrons. The van der Waals surface area contributed by atoms with Gasteiger partial charge in [0.2, 0.25) is 10.0 Å². The zero-order valence-electron chi connectivity index (χ0n) is 14.7. The van der Waals surface area contributed by atoms with Gasteiger partial charge in [-0.1, -0.05) is 34.6 Å². The third-order valence-corrected chi connectivity index (χ3v) is 4.72. The van der Waals surface area contributed by atoms with Crippen molar-refractivity contribution in [3.63, 3.8) is 0 Å². The van der Waals surface area contributed by atoms with Crippen molar-refractivity contribution in [2.24, 2.45) is 11.3 Å². The Labute approximate surface area is 134 Å². The SMILES string of the molecule is CC(C)CN(CCC(C)(C)C)S(=O)(=O)CCOCC(C)(F)F. The van der Waals surface area contributed by atoms with Crippen molar-refractivity contribution in [1.82, 2.24) is 4.31 Å². The van der Waals surface area contributed by atoms with Crippen LogP contribution in [-0.2, 0) is 14.8 Å². The van der Waals surface area contributed by atoms with Crippen molar-refractivity contribution < 1.29 is 21.9 Å². The van der Waals surface area contributed by atoms with E-state index in [2.05, 4.69) is 20.8 Å². The summed E-state index contributed by atoms with van der Waals surface area (Å²) in [5.74, 6) is -3.00. The first kappa shape index (κ1) is 21.7. The number of hydrogen-bond donors (Lipinski definition) is 0. The van der Waals surface area contributed by atoms with Gasteiger partial charge >= 0.3 is 0 Å². The highest BCUT2D eigenvalue weighted by Crippen LogP contribution is 2.20. The molecule has 0 aromatic rings. The fourth-order valence-corrected chi connectivity index (χ4v) is 3.24. The van der Waals surface area contributed by atoms with Crippen LogP contribution < -0.4 is 0 Å². The topological polar surface area (TPSA) is 46.6 Å². The highest BCUT2D eigenvalue weighted by atomic mass is 32.2. The van der Waals surface area contributed by atoms with Gasteiger partial charge in [-0.2, -0.15) is 0 Å². The molecule has 22 heavy (non-hydrogen) atoms. The second-order valence-corrected chi connectivity index (χ2v) is 9.59. The first-order chi connectivity index (χ1) is 9.73. The monoisotopic (exact) mass is 343 g/mol. The minimum Gasteiger partial charge on any atom is -0.374 e. The van der Waals surface area contributed by atoms with E-state index in [0.717, 1.165) is 13.3 Å². The van der Waals surface area contributed by atoms with E-state index in [4.69, 9.17) is 4.74 Å². The molecule has 0 aromatic heterocycles. The van der Waals surface area contributed by atoms with E-state index >= 15 is 0 Å². The van der Waals surface area contributed by atoms with Crippen LogP contribution in [0, 0.1) is 11.3 Å². The number of ether oxygens (including phenoxy) is 1. The number of hydrogen-bond acceptors (Lipinski definition) is 3. The molecular formula is C15H31F2NO3S. The van der Waals surface area contributed by atoms with Gasteiger partial charge in [0.25, 0.3) is 5.92 Å². The molecular weight excluding hydrogens is 312 g/mol. The Kier molecular flexibility index (Phi) is 8.44. The quantitative estimate of drug-likeness (QED) is 0.571. The van der Waals surface area contributed by atoms with E-state index in [1.807, 2.05) is 13.8 Å². The number of rotatable bonds is 10. The van der Waals surface area contributed by atoms with Gasteiger partial charge in [0.1, 0.15) is 6.61 Å². The molecule has 0 fully saturated rings.